The summed E-state index contributed by atoms with van der Waals surface area (Å²) < 4.78 is 5.17. The molecule has 0 spiro atoms. The van der Waals surface area contributed by atoms with Crippen molar-refractivity contribution < 1.29 is 9.53 Å². The molecule has 1 N–H and O–H groups in total. The maximum absolute atomic E-state index is 11.6. The van der Waals surface area contributed by atoms with Gasteiger partial charge in [0.2, 0.25) is 0 Å². The third-order valence-electron chi connectivity index (χ3n) is 2.62. The van der Waals surface area contributed by atoms with Crippen molar-refractivity contribution in [2.45, 2.75) is 38.8 Å². The maximum Gasteiger partial charge on any atom is 0.407 e. The van der Waals surface area contributed by atoms with E-state index in [9.17, 15) is 4.79 Å². The topological polar surface area (TPSA) is 38.3 Å². The third-order valence-corrected chi connectivity index (χ3v) is 2.62. The van der Waals surface area contributed by atoms with E-state index in [-0.39, 0.29) is 12.1 Å². The van der Waals surface area contributed by atoms with Crippen molar-refractivity contribution in [1.29, 1.82) is 0 Å². The van der Waals surface area contributed by atoms with Gasteiger partial charge in [-0.05, 0) is 18.4 Å². The Balaban J connectivity index is 2.33. The van der Waals surface area contributed by atoms with Crippen molar-refractivity contribution in [2.24, 2.45) is 0 Å². The number of carbonyl (C=O) groups is 1. The first-order valence-electron chi connectivity index (χ1n) is 6.34. The van der Waals surface area contributed by atoms with Crippen LogP contribution in [0.2, 0.25) is 0 Å². The van der Waals surface area contributed by atoms with Gasteiger partial charge in [-0.15, -0.1) is 6.58 Å². The molecule has 0 aliphatic heterocycles. The molecule has 0 aliphatic rings. The number of nitrogens with one attached hydrogen (secondary N) is 1. The zero-order valence-electron chi connectivity index (χ0n) is 10.9. The molecule has 18 heavy (non-hydrogen) atoms. The van der Waals surface area contributed by atoms with Crippen LogP contribution >= 0.6 is 0 Å². The van der Waals surface area contributed by atoms with Crippen LogP contribution in [0.1, 0.15) is 31.7 Å². The average molecular weight is 247 g/mol. The van der Waals surface area contributed by atoms with E-state index < -0.39 is 0 Å². The Labute approximate surface area is 109 Å². The highest BCUT2D eigenvalue weighted by atomic mass is 16.5. The van der Waals surface area contributed by atoms with Gasteiger partial charge in [0.15, 0.2) is 0 Å². The molecule has 0 saturated heterocycles. The third kappa shape index (κ3) is 5.53. The van der Waals surface area contributed by atoms with Crippen molar-refractivity contribution in [3.8, 4) is 0 Å². The predicted octanol–water partition coefficient (Wildman–Crippen LogP) is 3.66. The molecule has 1 aromatic carbocycles. The van der Waals surface area contributed by atoms with Crippen molar-refractivity contribution in [3.05, 3.63) is 48.6 Å². The van der Waals surface area contributed by atoms with E-state index in [0.717, 1.165) is 24.8 Å². The minimum Gasteiger partial charge on any atom is -0.445 e. The second-order valence-corrected chi connectivity index (χ2v) is 4.22. The van der Waals surface area contributed by atoms with Crippen LogP contribution in [0.5, 0.6) is 0 Å². The van der Waals surface area contributed by atoms with Crippen LogP contribution in [0.25, 0.3) is 0 Å². The smallest absolute Gasteiger partial charge is 0.407 e. The molecule has 1 atom stereocenters. The van der Waals surface area contributed by atoms with Gasteiger partial charge >= 0.3 is 6.09 Å². The quantitative estimate of drug-likeness (QED) is 0.747. The highest BCUT2D eigenvalue weighted by molar-refractivity contribution is 5.67. The summed E-state index contributed by atoms with van der Waals surface area (Å²) in [6.45, 7) is 6.09. The summed E-state index contributed by atoms with van der Waals surface area (Å²) in [7, 11) is 0. The van der Waals surface area contributed by atoms with Crippen LogP contribution in [0.15, 0.2) is 43.0 Å². The van der Waals surface area contributed by atoms with Gasteiger partial charge < -0.3 is 10.1 Å². The Hall–Kier alpha value is -1.77. The molecule has 0 aromatic heterocycles. The lowest BCUT2D eigenvalue weighted by atomic mass is 10.1. The summed E-state index contributed by atoms with van der Waals surface area (Å²) in [6, 6.07) is 9.77. The van der Waals surface area contributed by atoms with Crippen LogP contribution in [0, 0.1) is 0 Å². The highest BCUT2D eigenvalue weighted by Crippen LogP contribution is 2.04. The van der Waals surface area contributed by atoms with Gasteiger partial charge in [-0.3, -0.25) is 0 Å². The van der Waals surface area contributed by atoms with E-state index in [1.165, 1.54) is 0 Å². The molecule has 0 heterocycles. The molecule has 1 rings (SSSR count). The van der Waals surface area contributed by atoms with Gasteiger partial charge in [0.05, 0.1) is 0 Å². The lowest BCUT2D eigenvalue weighted by molar-refractivity contribution is 0.135. The largest absolute Gasteiger partial charge is 0.445 e. The summed E-state index contributed by atoms with van der Waals surface area (Å²) in [5.41, 5.74) is 0.989. The number of ether oxygens (including phenoxy) is 1. The van der Waals surface area contributed by atoms with E-state index in [2.05, 4.69) is 18.8 Å². The average Bonchev–Trinajstić information content (AvgIpc) is 2.38. The maximum atomic E-state index is 11.6. The molecule has 0 bridgehead atoms. The SMILES string of the molecule is C=CC[C@@H](CCC)NC(=O)OCc1ccccc1. The Morgan fingerprint density at radius 1 is 1.44 bits per heavy atom. The molecule has 0 fully saturated rings. The molecule has 0 unspecified atom stereocenters. The van der Waals surface area contributed by atoms with Gasteiger partial charge in [0.1, 0.15) is 6.61 Å². The lowest BCUT2D eigenvalue weighted by Gasteiger charge is -2.16. The second kappa shape index (κ2) is 8.34. The van der Waals surface area contributed by atoms with E-state index in [0.29, 0.717) is 6.61 Å². The first-order valence-corrected chi connectivity index (χ1v) is 6.34. The minimum atomic E-state index is -0.362. The van der Waals surface area contributed by atoms with Crippen LogP contribution in [-0.4, -0.2) is 12.1 Å². The molecular weight excluding hydrogens is 226 g/mol. The lowest BCUT2D eigenvalue weighted by Crippen LogP contribution is -2.34. The standard InChI is InChI=1S/C15H21NO2/c1-3-8-14(9-4-2)16-15(17)18-12-13-10-6-5-7-11-13/h3,5-7,10-11,14H,1,4,8-9,12H2,2H3,(H,16,17)/t14-/m0/s1. The first-order chi connectivity index (χ1) is 8.76. The molecule has 1 aromatic rings. The van der Waals surface area contributed by atoms with Crippen LogP contribution in [0.3, 0.4) is 0 Å². The summed E-state index contributed by atoms with van der Waals surface area (Å²) in [5.74, 6) is 0. The number of alkyl carbamates (subject to hydrolysis) is 1. The first kappa shape index (κ1) is 14.3. The monoisotopic (exact) mass is 247 g/mol. The molecule has 1 amide bonds. The number of hydrogen-bond acceptors (Lipinski definition) is 2. The van der Waals surface area contributed by atoms with E-state index in [4.69, 9.17) is 4.74 Å². The van der Waals surface area contributed by atoms with Crippen molar-refractivity contribution >= 4 is 6.09 Å². The molecular formula is C15H21NO2. The molecule has 0 saturated carbocycles. The Morgan fingerprint density at radius 2 is 2.17 bits per heavy atom. The fourth-order valence-electron chi connectivity index (χ4n) is 1.73. The minimum absolute atomic E-state index is 0.121. The molecule has 0 radical (unpaired) electrons. The van der Waals surface area contributed by atoms with Crippen LogP contribution in [-0.2, 0) is 11.3 Å². The summed E-state index contributed by atoms with van der Waals surface area (Å²) in [5, 5.41) is 2.86. The summed E-state index contributed by atoms with van der Waals surface area (Å²) in [4.78, 5) is 11.6. The van der Waals surface area contributed by atoms with E-state index >= 15 is 0 Å². The fraction of sp³-hybridized carbons (Fsp3) is 0.400. The van der Waals surface area contributed by atoms with Gasteiger partial charge in [-0.25, -0.2) is 4.79 Å². The normalized spacial score (nSPS) is 11.6. The fourth-order valence-corrected chi connectivity index (χ4v) is 1.73. The number of amides is 1. The predicted molar refractivity (Wildman–Crippen MR) is 73.3 cm³/mol. The number of hydrogen-bond donors (Lipinski definition) is 1. The van der Waals surface area contributed by atoms with Crippen molar-refractivity contribution in [3.63, 3.8) is 0 Å². The number of benzene rings is 1. The van der Waals surface area contributed by atoms with Crippen molar-refractivity contribution in [1.82, 2.24) is 5.32 Å². The molecule has 3 nitrogen and oxygen atoms in total. The Bertz CT molecular complexity index is 362. The molecule has 98 valence electrons. The van der Waals surface area contributed by atoms with E-state index in [1.807, 2.05) is 36.4 Å². The number of rotatable bonds is 7. The van der Waals surface area contributed by atoms with Gasteiger partial charge in [-0.2, -0.15) is 0 Å². The van der Waals surface area contributed by atoms with Crippen molar-refractivity contribution in [2.75, 3.05) is 0 Å². The summed E-state index contributed by atoms with van der Waals surface area (Å²) >= 11 is 0. The summed E-state index contributed by atoms with van der Waals surface area (Å²) in [6.07, 6.45) is 4.19. The Morgan fingerprint density at radius 3 is 2.78 bits per heavy atom. The van der Waals surface area contributed by atoms with Gasteiger partial charge in [0, 0.05) is 6.04 Å². The number of carbonyl (C=O) groups excluding carboxylic acids is 1. The zero-order chi connectivity index (χ0) is 13.2. The van der Waals surface area contributed by atoms with Crippen LogP contribution in [0.4, 0.5) is 4.79 Å². The van der Waals surface area contributed by atoms with E-state index in [1.54, 1.807) is 0 Å². The highest BCUT2D eigenvalue weighted by Gasteiger charge is 2.10. The molecule has 0 aliphatic carbocycles. The zero-order valence-corrected chi connectivity index (χ0v) is 10.9. The van der Waals surface area contributed by atoms with Crippen LogP contribution < -0.4 is 5.32 Å². The van der Waals surface area contributed by atoms with Gasteiger partial charge in [0.25, 0.3) is 0 Å². The van der Waals surface area contributed by atoms with Gasteiger partial charge in [-0.1, -0.05) is 49.8 Å². The second-order valence-electron chi connectivity index (χ2n) is 4.22. The molecule has 3 heteroatoms. The Kier molecular flexibility index (Phi) is 6.62.